The minimum Gasteiger partial charge on any atom is -0.508 e. The summed E-state index contributed by atoms with van der Waals surface area (Å²) in [4.78, 5) is 4.40. The van der Waals surface area contributed by atoms with Gasteiger partial charge < -0.3 is 10.4 Å². The third-order valence-electron chi connectivity index (χ3n) is 2.23. The molecule has 0 saturated carbocycles. The second-order valence-electron chi connectivity index (χ2n) is 3.50. The zero-order valence-electron chi connectivity index (χ0n) is 8.70. The smallest absolute Gasteiger partial charge is 0.126 e. The fourth-order valence-electron chi connectivity index (χ4n) is 1.46. The summed E-state index contributed by atoms with van der Waals surface area (Å²) in [6.45, 7) is 3.02. The minimum atomic E-state index is 0.252. The Labute approximate surface area is 88.8 Å². The van der Waals surface area contributed by atoms with Crippen molar-refractivity contribution < 1.29 is 5.11 Å². The molecule has 0 spiro atoms. The highest BCUT2D eigenvalue weighted by Crippen LogP contribution is 2.19. The summed E-state index contributed by atoms with van der Waals surface area (Å²) in [5.41, 5.74) is 0.816. The zero-order chi connectivity index (χ0) is 10.7. The first-order chi connectivity index (χ1) is 7.29. The molecule has 0 radical (unpaired) electrons. The molecule has 1 heterocycles. The fourth-order valence-corrected chi connectivity index (χ4v) is 1.46. The van der Waals surface area contributed by atoms with Crippen molar-refractivity contribution in [3.8, 4) is 5.75 Å². The highest BCUT2D eigenvalue weighted by Gasteiger charge is 1.98. The van der Waals surface area contributed by atoms with Crippen LogP contribution in [0, 0.1) is 0 Å². The molecule has 2 aromatic rings. The summed E-state index contributed by atoms with van der Waals surface area (Å²) in [5, 5.41) is 13.6. The molecule has 0 aliphatic heterocycles. The predicted octanol–water partition coefficient (Wildman–Crippen LogP) is 2.76. The monoisotopic (exact) mass is 202 g/mol. The summed E-state index contributed by atoms with van der Waals surface area (Å²) in [7, 11) is 0. The second-order valence-corrected chi connectivity index (χ2v) is 3.50. The van der Waals surface area contributed by atoms with Gasteiger partial charge in [0.1, 0.15) is 11.6 Å². The normalized spacial score (nSPS) is 10.5. The van der Waals surface area contributed by atoms with Crippen LogP contribution in [0.3, 0.4) is 0 Å². The van der Waals surface area contributed by atoms with Crippen molar-refractivity contribution >= 4 is 16.7 Å². The van der Waals surface area contributed by atoms with Crippen molar-refractivity contribution in [1.82, 2.24) is 4.98 Å². The van der Waals surface area contributed by atoms with Gasteiger partial charge >= 0.3 is 0 Å². The maximum atomic E-state index is 9.34. The van der Waals surface area contributed by atoms with E-state index >= 15 is 0 Å². The van der Waals surface area contributed by atoms with Crippen LogP contribution in [-0.4, -0.2) is 16.6 Å². The maximum absolute atomic E-state index is 9.34. The van der Waals surface area contributed by atoms with Gasteiger partial charge in [0.25, 0.3) is 0 Å². The van der Waals surface area contributed by atoms with E-state index in [1.165, 1.54) is 0 Å². The zero-order valence-corrected chi connectivity index (χ0v) is 8.70. The minimum absolute atomic E-state index is 0.252. The summed E-state index contributed by atoms with van der Waals surface area (Å²) in [6.07, 6.45) is 1.07. The van der Waals surface area contributed by atoms with E-state index in [0.29, 0.717) is 0 Å². The molecule has 0 atom stereocenters. The van der Waals surface area contributed by atoms with Crippen molar-refractivity contribution in [2.75, 3.05) is 11.9 Å². The number of nitrogens with zero attached hydrogens (tertiary/aromatic N) is 1. The number of pyridine rings is 1. The number of hydrogen-bond donors (Lipinski definition) is 2. The molecular weight excluding hydrogens is 188 g/mol. The summed E-state index contributed by atoms with van der Waals surface area (Å²) >= 11 is 0. The van der Waals surface area contributed by atoms with Gasteiger partial charge in [0.15, 0.2) is 0 Å². The van der Waals surface area contributed by atoms with E-state index in [2.05, 4.69) is 17.2 Å². The van der Waals surface area contributed by atoms with Gasteiger partial charge in [-0.25, -0.2) is 4.98 Å². The van der Waals surface area contributed by atoms with Crippen LogP contribution in [0.15, 0.2) is 30.3 Å². The summed E-state index contributed by atoms with van der Waals surface area (Å²) in [6, 6.07) is 9.16. The highest BCUT2D eigenvalue weighted by atomic mass is 16.3. The third kappa shape index (κ3) is 2.18. The lowest BCUT2D eigenvalue weighted by molar-refractivity contribution is 0.476. The number of aromatic hydroxyl groups is 1. The molecule has 1 aromatic carbocycles. The number of anilines is 1. The van der Waals surface area contributed by atoms with Crippen molar-refractivity contribution in [2.45, 2.75) is 13.3 Å². The quantitative estimate of drug-likeness (QED) is 0.804. The van der Waals surface area contributed by atoms with Gasteiger partial charge in [-0.2, -0.15) is 0 Å². The summed E-state index contributed by atoms with van der Waals surface area (Å²) < 4.78 is 0. The molecule has 0 fully saturated rings. The molecular formula is C12H14N2O. The van der Waals surface area contributed by atoms with Gasteiger partial charge in [0.2, 0.25) is 0 Å². The topological polar surface area (TPSA) is 45.1 Å². The van der Waals surface area contributed by atoms with Crippen molar-refractivity contribution in [1.29, 1.82) is 0 Å². The van der Waals surface area contributed by atoms with E-state index < -0.39 is 0 Å². The molecule has 2 N–H and O–H groups in total. The van der Waals surface area contributed by atoms with E-state index in [9.17, 15) is 5.11 Å². The molecule has 0 bridgehead atoms. The number of phenolic OH excluding ortho intramolecular Hbond substituents is 1. The average Bonchev–Trinajstić information content (AvgIpc) is 2.25. The molecule has 0 unspecified atom stereocenters. The Morgan fingerprint density at radius 1 is 1.27 bits per heavy atom. The van der Waals surface area contributed by atoms with Gasteiger partial charge in [0.05, 0.1) is 5.52 Å². The molecule has 0 aliphatic carbocycles. The predicted molar refractivity (Wildman–Crippen MR) is 62.2 cm³/mol. The maximum Gasteiger partial charge on any atom is 0.126 e. The SMILES string of the molecule is CCCNc1ccc2ccc(O)cc2n1. The van der Waals surface area contributed by atoms with E-state index in [4.69, 9.17) is 0 Å². The number of fused-ring (bicyclic) bond motifs is 1. The Morgan fingerprint density at radius 3 is 2.87 bits per heavy atom. The van der Waals surface area contributed by atoms with Gasteiger partial charge in [-0.3, -0.25) is 0 Å². The van der Waals surface area contributed by atoms with Gasteiger partial charge in [-0.15, -0.1) is 0 Å². The van der Waals surface area contributed by atoms with Crippen LogP contribution >= 0.6 is 0 Å². The Bertz CT molecular complexity index is 468. The van der Waals surface area contributed by atoms with Crippen LogP contribution in [0.2, 0.25) is 0 Å². The van der Waals surface area contributed by atoms with Crippen LogP contribution < -0.4 is 5.32 Å². The Morgan fingerprint density at radius 2 is 2.07 bits per heavy atom. The molecule has 15 heavy (non-hydrogen) atoms. The number of benzene rings is 1. The van der Waals surface area contributed by atoms with E-state index in [1.54, 1.807) is 12.1 Å². The molecule has 0 saturated heterocycles. The van der Waals surface area contributed by atoms with Gasteiger partial charge in [-0.05, 0) is 30.7 Å². The highest BCUT2D eigenvalue weighted by molar-refractivity contribution is 5.81. The second kappa shape index (κ2) is 4.17. The molecule has 0 amide bonds. The molecule has 0 aliphatic rings. The van der Waals surface area contributed by atoms with Gasteiger partial charge in [0, 0.05) is 18.0 Å². The number of rotatable bonds is 3. The first-order valence-electron chi connectivity index (χ1n) is 5.13. The van der Waals surface area contributed by atoms with E-state index in [-0.39, 0.29) is 5.75 Å². The first-order valence-corrected chi connectivity index (χ1v) is 5.13. The Kier molecular flexibility index (Phi) is 2.72. The van der Waals surface area contributed by atoms with Crippen LogP contribution in [0.1, 0.15) is 13.3 Å². The largest absolute Gasteiger partial charge is 0.508 e. The van der Waals surface area contributed by atoms with E-state index in [0.717, 1.165) is 29.7 Å². The molecule has 78 valence electrons. The number of aromatic nitrogens is 1. The van der Waals surface area contributed by atoms with E-state index in [1.807, 2.05) is 18.2 Å². The lowest BCUT2D eigenvalue weighted by Gasteiger charge is -2.05. The average molecular weight is 202 g/mol. The van der Waals surface area contributed by atoms with Crippen molar-refractivity contribution in [3.05, 3.63) is 30.3 Å². The third-order valence-corrected chi connectivity index (χ3v) is 2.23. The first kappa shape index (κ1) is 9.77. The standard InChI is InChI=1S/C12H14N2O/c1-2-7-13-12-6-4-9-3-5-10(15)8-11(9)14-12/h3-6,8,15H,2,7H2,1H3,(H,13,14). The number of phenols is 1. The van der Waals surface area contributed by atoms with Crippen LogP contribution in [0.25, 0.3) is 10.9 Å². The van der Waals surface area contributed by atoms with Crippen molar-refractivity contribution in [3.63, 3.8) is 0 Å². The van der Waals surface area contributed by atoms with Gasteiger partial charge in [-0.1, -0.05) is 6.92 Å². The summed E-state index contributed by atoms with van der Waals surface area (Å²) in [5.74, 6) is 1.11. The van der Waals surface area contributed by atoms with Crippen LogP contribution in [0.4, 0.5) is 5.82 Å². The van der Waals surface area contributed by atoms with Crippen LogP contribution in [-0.2, 0) is 0 Å². The number of hydrogen-bond acceptors (Lipinski definition) is 3. The molecule has 3 heteroatoms. The lowest BCUT2D eigenvalue weighted by Crippen LogP contribution is -2.01. The fraction of sp³-hybridized carbons (Fsp3) is 0.250. The Hall–Kier alpha value is -1.77. The Balaban J connectivity index is 2.36. The molecule has 1 aromatic heterocycles. The molecule has 3 nitrogen and oxygen atoms in total. The van der Waals surface area contributed by atoms with Crippen molar-refractivity contribution in [2.24, 2.45) is 0 Å². The number of nitrogens with one attached hydrogen (secondary N) is 1. The van der Waals surface area contributed by atoms with Crippen LogP contribution in [0.5, 0.6) is 5.75 Å². The lowest BCUT2D eigenvalue weighted by atomic mass is 10.2. The molecule has 2 rings (SSSR count).